The first kappa shape index (κ1) is 14.7. The van der Waals surface area contributed by atoms with Gasteiger partial charge in [-0.05, 0) is 49.8 Å². The van der Waals surface area contributed by atoms with E-state index in [0.29, 0.717) is 6.42 Å². The van der Waals surface area contributed by atoms with E-state index in [9.17, 15) is 5.11 Å². The number of aliphatic hydroxyl groups excluding tert-OH is 1. The Morgan fingerprint density at radius 3 is 2.95 bits per heavy atom. The molecule has 3 heteroatoms. The highest BCUT2D eigenvalue weighted by molar-refractivity contribution is 5.43. The normalized spacial score (nSPS) is 32.1. The maximum absolute atomic E-state index is 10.6. The van der Waals surface area contributed by atoms with Crippen molar-refractivity contribution in [3.05, 3.63) is 23.8 Å². The molecule has 1 aromatic rings. The zero-order valence-corrected chi connectivity index (χ0v) is 13.1. The molecule has 1 saturated carbocycles. The van der Waals surface area contributed by atoms with Gasteiger partial charge in [-0.3, -0.25) is 0 Å². The van der Waals surface area contributed by atoms with Crippen molar-refractivity contribution >= 4 is 0 Å². The minimum atomic E-state index is -0.443. The molecule has 1 aliphatic heterocycles. The first-order chi connectivity index (χ1) is 10.2. The van der Waals surface area contributed by atoms with Crippen molar-refractivity contribution < 1.29 is 14.6 Å². The molecule has 1 N–H and O–H groups in total. The van der Waals surface area contributed by atoms with Gasteiger partial charge in [0, 0.05) is 12.0 Å². The molecule has 21 heavy (non-hydrogen) atoms. The lowest BCUT2D eigenvalue weighted by molar-refractivity contribution is -0.0252. The van der Waals surface area contributed by atoms with Crippen LogP contribution in [0.15, 0.2) is 18.2 Å². The molecule has 3 nitrogen and oxygen atoms in total. The molecule has 0 radical (unpaired) electrons. The van der Waals surface area contributed by atoms with Crippen molar-refractivity contribution in [3.63, 3.8) is 0 Å². The summed E-state index contributed by atoms with van der Waals surface area (Å²) < 4.78 is 11.6. The topological polar surface area (TPSA) is 38.7 Å². The van der Waals surface area contributed by atoms with Crippen LogP contribution in [0.25, 0.3) is 0 Å². The van der Waals surface area contributed by atoms with Gasteiger partial charge in [-0.1, -0.05) is 19.8 Å². The Bertz CT molecular complexity index is 499. The highest BCUT2D eigenvalue weighted by Crippen LogP contribution is 2.47. The van der Waals surface area contributed by atoms with Gasteiger partial charge in [0.05, 0.1) is 13.2 Å². The maximum Gasteiger partial charge on any atom is 0.126 e. The molecular formula is C18H26O3. The second-order valence-corrected chi connectivity index (χ2v) is 6.61. The fraction of sp³-hybridized carbons (Fsp3) is 0.667. The summed E-state index contributed by atoms with van der Waals surface area (Å²) in [7, 11) is 1.65. The van der Waals surface area contributed by atoms with Crippen molar-refractivity contribution in [2.24, 2.45) is 5.92 Å². The van der Waals surface area contributed by atoms with Crippen molar-refractivity contribution in [1.29, 1.82) is 0 Å². The summed E-state index contributed by atoms with van der Waals surface area (Å²) in [5.41, 5.74) is 0.710. The molecule has 1 spiro atoms. The minimum Gasteiger partial charge on any atom is -0.497 e. The third-order valence-electron chi connectivity index (χ3n) is 5.30. The van der Waals surface area contributed by atoms with Gasteiger partial charge in [0.2, 0.25) is 0 Å². The number of rotatable bonds is 2. The molecule has 0 amide bonds. The molecule has 116 valence electrons. The van der Waals surface area contributed by atoms with Gasteiger partial charge >= 0.3 is 0 Å². The zero-order valence-electron chi connectivity index (χ0n) is 13.1. The predicted molar refractivity (Wildman–Crippen MR) is 82.8 cm³/mol. The summed E-state index contributed by atoms with van der Waals surface area (Å²) in [5, 5.41) is 10.6. The Labute approximate surface area is 127 Å². The summed E-state index contributed by atoms with van der Waals surface area (Å²) in [6.07, 6.45) is 7.37. The second-order valence-electron chi connectivity index (χ2n) is 6.61. The maximum atomic E-state index is 10.6. The standard InChI is InChI=1S/C18H26O3/c1-3-13-5-4-9-18(10-8-13)12-16(19)15-11-14(20-2)6-7-17(15)21-18/h6-7,11,13,16,19H,3-5,8-10,12H2,1-2H3/t13?,16-,18?/m0/s1. The smallest absolute Gasteiger partial charge is 0.126 e. The van der Waals surface area contributed by atoms with Crippen molar-refractivity contribution in [2.45, 2.75) is 63.6 Å². The third kappa shape index (κ3) is 2.89. The Morgan fingerprint density at radius 1 is 1.33 bits per heavy atom. The largest absolute Gasteiger partial charge is 0.497 e. The summed E-state index contributed by atoms with van der Waals surface area (Å²) in [4.78, 5) is 0. The first-order valence-electron chi connectivity index (χ1n) is 8.21. The van der Waals surface area contributed by atoms with Gasteiger partial charge in [0.1, 0.15) is 17.1 Å². The molecule has 1 aromatic carbocycles. The van der Waals surface area contributed by atoms with E-state index in [4.69, 9.17) is 9.47 Å². The van der Waals surface area contributed by atoms with E-state index in [-0.39, 0.29) is 5.60 Å². The van der Waals surface area contributed by atoms with E-state index < -0.39 is 6.10 Å². The molecular weight excluding hydrogens is 264 g/mol. The Hall–Kier alpha value is -1.22. The van der Waals surface area contributed by atoms with E-state index in [1.54, 1.807) is 7.11 Å². The lowest BCUT2D eigenvalue weighted by atomic mass is 9.83. The number of hydrogen-bond acceptors (Lipinski definition) is 3. The van der Waals surface area contributed by atoms with Gasteiger partial charge in [0.15, 0.2) is 0 Å². The lowest BCUT2D eigenvalue weighted by Gasteiger charge is -2.40. The van der Waals surface area contributed by atoms with E-state index in [2.05, 4.69) is 6.92 Å². The average Bonchev–Trinajstić information content (AvgIpc) is 2.69. The van der Waals surface area contributed by atoms with Crippen LogP contribution >= 0.6 is 0 Å². The molecule has 1 fully saturated rings. The zero-order chi connectivity index (χ0) is 14.9. The van der Waals surface area contributed by atoms with Crippen molar-refractivity contribution in [2.75, 3.05) is 7.11 Å². The summed E-state index contributed by atoms with van der Waals surface area (Å²) in [6.45, 7) is 2.28. The number of hydrogen-bond donors (Lipinski definition) is 1. The van der Waals surface area contributed by atoms with Gasteiger partial charge in [-0.2, -0.15) is 0 Å². The Kier molecular flexibility index (Phi) is 4.12. The quantitative estimate of drug-likeness (QED) is 0.885. The summed E-state index contributed by atoms with van der Waals surface area (Å²) in [5.74, 6) is 2.44. The van der Waals surface area contributed by atoms with Crippen LogP contribution in [0.5, 0.6) is 11.5 Å². The highest BCUT2D eigenvalue weighted by atomic mass is 16.5. The van der Waals surface area contributed by atoms with Crippen LogP contribution in [0.1, 0.15) is 63.5 Å². The van der Waals surface area contributed by atoms with Crippen LogP contribution < -0.4 is 9.47 Å². The van der Waals surface area contributed by atoms with Gasteiger partial charge in [-0.15, -0.1) is 0 Å². The fourth-order valence-electron chi connectivity index (χ4n) is 3.91. The molecule has 0 saturated heterocycles. The molecule has 2 aliphatic rings. The molecule has 1 heterocycles. The van der Waals surface area contributed by atoms with Crippen molar-refractivity contribution in [3.8, 4) is 11.5 Å². The van der Waals surface area contributed by atoms with E-state index in [0.717, 1.165) is 35.8 Å². The Morgan fingerprint density at radius 2 is 2.19 bits per heavy atom. The van der Waals surface area contributed by atoms with Gasteiger partial charge in [-0.25, -0.2) is 0 Å². The van der Waals surface area contributed by atoms with Crippen LogP contribution in [-0.2, 0) is 0 Å². The SMILES string of the molecule is CCC1CCCC2(CC1)C[C@H](O)c1cc(OC)ccc1O2. The monoisotopic (exact) mass is 290 g/mol. The van der Waals surface area contributed by atoms with Gasteiger partial charge in [0.25, 0.3) is 0 Å². The molecule has 0 bridgehead atoms. The number of ether oxygens (including phenoxy) is 2. The molecule has 3 rings (SSSR count). The number of benzene rings is 1. The van der Waals surface area contributed by atoms with Crippen LogP contribution in [0.4, 0.5) is 0 Å². The molecule has 0 aromatic heterocycles. The van der Waals surface area contributed by atoms with Gasteiger partial charge < -0.3 is 14.6 Å². The second kappa shape index (κ2) is 5.88. The minimum absolute atomic E-state index is 0.162. The van der Waals surface area contributed by atoms with E-state index in [1.807, 2.05) is 18.2 Å². The molecule has 2 unspecified atom stereocenters. The summed E-state index contributed by atoms with van der Waals surface area (Å²) in [6, 6.07) is 5.76. The Balaban J connectivity index is 1.84. The number of methoxy groups -OCH3 is 1. The summed E-state index contributed by atoms with van der Waals surface area (Å²) >= 11 is 0. The first-order valence-corrected chi connectivity index (χ1v) is 8.21. The fourth-order valence-corrected chi connectivity index (χ4v) is 3.91. The van der Waals surface area contributed by atoms with Crippen LogP contribution in [0, 0.1) is 5.92 Å². The number of aliphatic hydroxyl groups is 1. The van der Waals surface area contributed by atoms with Crippen LogP contribution in [0.2, 0.25) is 0 Å². The van der Waals surface area contributed by atoms with Crippen LogP contribution in [0.3, 0.4) is 0 Å². The van der Waals surface area contributed by atoms with Crippen LogP contribution in [-0.4, -0.2) is 17.8 Å². The average molecular weight is 290 g/mol. The van der Waals surface area contributed by atoms with Crippen molar-refractivity contribution in [1.82, 2.24) is 0 Å². The predicted octanol–water partition coefficient (Wildman–Crippen LogP) is 4.24. The third-order valence-corrected chi connectivity index (χ3v) is 5.30. The molecule has 1 aliphatic carbocycles. The van der Waals surface area contributed by atoms with E-state index in [1.165, 1.54) is 25.7 Å². The molecule has 3 atom stereocenters. The highest BCUT2D eigenvalue weighted by Gasteiger charge is 2.41. The lowest BCUT2D eigenvalue weighted by Crippen LogP contribution is -2.40. The van der Waals surface area contributed by atoms with E-state index >= 15 is 0 Å². The number of fused-ring (bicyclic) bond motifs is 1.